The van der Waals surface area contributed by atoms with Crippen LogP contribution in [0.1, 0.15) is 33.2 Å². The van der Waals surface area contributed by atoms with E-state index in [2.05, 4.69) is 36.0 Å². The van der Waals surface area contributed by atoms with Gasteiger partial charge in [-0.15, -0.1) is 5.10 Å². The average Bonchev–Trinajstić information content (AvgIpc) is 2.51. The van der Waals surface area contributed by atoms with Gasteiger partial charge in [0.25, 0.3) is 0 Å². The maximum Gasteiger partial charge on any atom is 0.0790 e. The summed E-state index contributed by atoms with van der Waals surface area (Å²) in [6.45, 7) is 10.3. The van der Waals surface area contributed by atoms with Crippen molar-refractivity contribution < 1.29 is 0 Å². The van der Waals surface area contributed by atoms with Crippen molar-refractivity contribution in [1.82, 2.24) is 19.9 Å². The van der Waals surface area contributed by atoms with Gasteiger partial charge >= 0.3 is 0 Å². The topological polar surface area (TPSA) is 34.0 Å². The molecule has 0 amide bonds. The van der Waals surface area contributed by atoms with Gasteiger partial charge in [0.05, 0.1) is 12.2 Å². The van der Waals surface area contributed by atoms with E-state index in [0.717, 1.165) is 13.1 Å². The average molecular weight is 208 g/mol. The van der Waals surface area contributed by atoms with Crippen LogP contribution in [0.25, 0.3) is 0 Å². The molecule has 0 saturated carbocycles. The Hall–Kier alpha value is -0.900. The van der Waals surface area contributed by atoms with Gasteiger partial charge in [-0.2, -0.15) is 0 Å². The molecule has 2 heterocycles. The van der Waals surface area contributed by atoms with Gasteiger partial charge in [0, 0.05) is 19.3 Å². The van der Waals surface area contributed by atoms with Crippen LogP contribution in [0.15, 0.2) is 12.4 Å². The Morgan fingerprint density at radius 3 is 2.60 bits per heavy atom. The number of likely N-dealkylation sites (tertiary alicyclic amines) is 1. The van der Waals surface area contributed by atoms with E-state index >= 15 is 0 Å². The molecule has 0 bridgehead atoms. The summed E-state index contributed by atoms with van der Waals surface area (Å²) < 4.78 is 1.97. The highest BCUT2D eigenvalue weighted by Crippen LogP contribution is 2.24. The van der Waals surface area contributed by atoms with Gasteiger partial charge in [0.2, 0.25) is 0 Å². The molecular weight excluding hydrogens is 188 g/mol. The molecule has 4 nitrogen and oxygen atoms in total. The Kier molecular flexibility index (Phi) is 2.78. The van der Waals surface area contributed by atoms with Crippen molar-refractivity contribution in [2.45, 2.75) is 33.2 Å². The van der Waals surface area contributed by atoms with Crippen LogP contribution in [-0.2, 0) is 0 Å². The number of hydrogen-bond acceptors (Lipinski definition) is 3. The summed E-state index contributed by atoms with van der Waals surface area (Å²) in [4.78, 5) is 2.48. The fourth-order valence-electron chi connectivity index (χ4n) is 1.80. The zero-order valence-corrected chi connectivity index (χ0v) is 9.85. The zero-order valence-electron chi connectivity index (χ0n) is 9.85. The van der Waals surface area contributed by atoms with Gasteiger partial charge in [-0.25, -0.2) is 4.68 Å². The van der Waals surface area contributed by atoms with Gasteiger partial charge < -0.3 is 0 Å². The molecule has 4 heteroatoms. The molecule has 0 radical (unpaired) electrons. The van der Waals surface area contributed by atoms with Crippen LogP contribution in [-0.4, -0.2) is 39.5 Å². The fourth-order valence-corrected chi connectivity index (χ4v) is 1.80. The largest absolute Gasteiger partial charge is 0.299 e. The molecule has 0 N–H and O–H groups in total. The molecule has 0 aromatic carbocycles. The molecule has 0 atom stereocenters. The molecular formula is C11H20N4. The summed E-state index contributed by atoms with van der Waals surface area (Å²) in [6.07, 6.45) is 4.96. The molecule has 1 saturated heterocycles. The number of aromatic nitrogens is 3. The monoisotopic (exact) mass is 208 g/mol. The van der Waals surface area contributed by atoms with E-state index in [-0.39, 0.29) is 0 Å². The molecule has 2 rings (SSSR count). The van der Waals surface area contributed by atoms with Crippen molar-refractivity contribution >= 4 is 0 Å². The maximum atomic E-state index is 4.02. The normalized spacial score (nSPS) is 19.1. The molecule has 1 aromatic rings. The Balaban J connectivity index is 1.70. The lowest BCUT2D eigenvalue weighted by molar-refractivity contribution is 0.0846. The summed E-state index contributed by atoms with van der Waals surface area (Å²) in [5.41, 5.74) is 0.443. The second-order valence-electron chi connectivity index (χ2n) is 5.61. The predicted molar refractivity (Wildman–Crippen MR) is 59.6 cm³/mol. The highest BCUT2D eigenvalue weighted by molar-refractivity contribution is 4.86. The van der Waals surface area contributed by atoms with Crippen molar-refractivity contribution in [2.75, 3.05) is 19.6 Å². The fraction of sp³-hybridized carbons (Fsp3) is 0.818. The van der Waals surface area contributed by atoms with E-state index in [1.54, 1.807) is 6.20 Å². The third-order valence-electron chi connectivity index (χ3n) is 2.93. The Labute approximate surface area is 91.3 Å². The van der Waals surface area contributed by atoms with Crippen molar-refractivity contribution in [3.05, 3.63) is 12.4 Å². The second kappa shape index (κ2) is 3.93. The Morgan fingerprint density at radius 2 is 2.07 bits per heavy atom. The van der Waals surface area contributed by atoms with Crippen molar-refractivity contribution in [3.8, 4) is 0 Å². The first-order chi connectivity index (χ1) is 7.04. The first-order valence-corrected chi connectivity index (χ1v) is 5.63. The van der Waals surface area contributed by atoms with E-state index in [1.807, 2.05) is 10.9 Å². The molecule has 1 aromatic heterocycles. The summed E-state index contributed by atoms with van der Waals surface area (Å²) >= 11 is 0. The smallest absolute Gasteiger partial charge is 0.0790 e. The van der Waals surface area contributed by atoms with E-state index in [9.17, 15) is 0 Å². The molecule has 84 valence electrons. The van der Waals surface area contributed by atoms with Crippen LogP contribution in [0.2, 0.25) is 0 Å². The Morgan fingerprint density at radius 1 is 1.33 bits per heavy atom. The van der Waals surface area contributed by atoms with E-state index in [1.165, 1.54) is 13.0 Å². The molecule has 15 heavy (non-hydrogen) atoms. The van der Waals surface area contributed by atoms with Gasteiger partial charge in [-0.1, -0.05) is 26.0 Å². The standard InChI is InChI=1S/C11H20N4/c1-11(2,3)4-6-14-8-10(9-14)15-7-5-12-13-15/h5,7,10H,4,6,8-9H2,1-3H3. The van der Waals surface area contributed by atoms with Crippen molar-refractivity contribution in [2.24, 2.45) is 5.41 Å². The lowest BCUT2D eigenvalue weighted by Crippen LogP contribution is -2.48. The van der Waals surface area contributed by atoms with E-state index < -0.39 is 0 Å². The number of hydrogen-bond donors (Lipinski definition) is 0. The molecule has 1 aliphatic rings. The molecule has 1 fully saturated rings. The highest BCUT2D eigenvalue weighted by atomic mass is 15.5. The second-order valence-corrected chi connectivity index (χ2v) is 5.61. The Bertz CT molecular complexity index is 293. The summed E-state index contributed by atoms with van der Waals surface area (Å²) in [7, 11) is 0. The van der Waals surface area contributed by atoms with Crippen LogP contribution in [0.3, 0.4) is 0 Å². The van der Waals surface area contributed by atoms with Gasteiger partial charge in [0.1, 0.15) is 0 Å². The van der Waals surface area contributed by atoms with Crippen LogP contribution in [0.5, 0.6) is 0 Å². The minimum absolute atomic E-state index is 0.443. The lowest BCUT2D eigenvalue weighted by atomic mass is 9.91. The van der Waals surface area contributed by atoms with E-state index in [0.29, 0.717) is 11.5 Å². The van der Waals surface area contributed by atoms with E-state index in [4.69, 9.17) is 0 Å². The molecule has 0 aliphatic carbocycles. The summed E-state index contributed by atoms with van der Waals surface area (Å²) in [5, 5.41) is 7.85. The van der Waals surface area contributed by atoms with Crippen molar-refractivity contribution in [1.29, 1.82) is 0 Å². The van der Waals surface area contributed by atoms with Crippen LogP contribution < -0.4 is 0 Å². The zero-order chi connectivity index (χ0) is 10.9. The third-order valence-corrected chi connectivity index (χ3v) is 2.93. The SMILES string of the molecule is CC(C)(C)CCN1CC(n2ccnn2)C1. The first-order valence-electron chi connectivity index (χ1n) is 5.63. The quantitative estimate of drug-likeness (QED) is 0.756. The van der Waals surface area contributed by atoms with Crippen LogP contribution in [0.4, 0.5) is 0 Å². The molecule has 0 unspecified atom stereocenters. The van der Waals surface area contributed by atoms with Gasteiger partial charge in [0.15, 0.2) is 0 Å². The minimum atomic E-state index is 0.443. The first kappa shape index (κ1) is 10.6. The minimum Gasteiger partial charge on any atom is -0.299 e. The maximum absolute atomic E-state index is 4.02. The lowest BCUT2D eigenvalue weighted by Gasteiger charge is -2.40. The van der Waals surface area contributed by atoms with Gasteiger partial charge in [-0.3, -0.25) is 4.90 Å². The summed E-state index contributed by atoms with van der Waals surface area (Å²) in [5.74, 6) is 0. The molecule has 1 aliphatic heterocycles. The molecule has 0 spiro atoms. The van der Waals surface area contributed by atoms with Crippen molar-refractivity contribution in [3.63, 3.8) is 0 Å². The number of nitrogens with zero attached hydrogens (tertiary/aromatic N) is 4. The highest BCUT2D eigenvalue weighted by Gasteiger charge is 2.29. The van der Waals surface area contributed by atoms with Crippen LogP contribution >= 0.6 is 0 Å². The predicted octanol–water partition coefficient (Wildman–Crippen LogP) is 1.57. The number of rotatable bonds is 3. The third kappa shape index (κ3) is 2.78. The summed E-state index contributed by atoms with van der Waals surface area (Å²) in [6, 6.07) is 0.549. The van der Waals surface area contributed by atoms with Gasteiger partial charge in [-0.05, 0) is 18.4 Å². The van der Waals surface area contributed by atoms with Crippen LogP contribution in [0, 0.1) is 5.41 Å².